The van der Waals surface area contributed by atoms with Gasteiger partial charge in [0.15, 0.2) is 0 Å². The predicted octanol–water partition coefficient (Wildman–Crippen LogP) is 4.40. The zero-order valence-electron chi connectivity index (χ0n) is 17.2. The molecule has 6 nitrogen and oxygen atoms in total. The molecule has 8 heteroatoms. The van der Waals surface area contributed by atoms with Crippen LogP contribution in [0.1, 0.15) is 54.6 Å². The number of halogens is 1. The van der Waals surface area contributed by atoms with E-state index in [0.29, 0.717) is 19.5 Å². The quantitative estimate of drug-likeness (QED) is 0.678. The summed E-state index contributed by atoms with van der Waals surface area (Å²) < 4.78 is 32.6. The molecule has 1 unspecified atom stereocenters. The molecule has 1 saturated heterocycles. The Kier molecular flexibility index (Phi) is 7.39. The lowest BCUT2D eigenvalue weighted by atomic mass is 10.0. The van der Waals surface area contributed by atoms with Crippen LogP contribution in [0.2, 0.25) is 5.02 Å². The summed E-state index contributed by atoms with van der Waals surface area (Å²) in [5.41, 5.74) is 1.08. The number of carbonyl (C=O) groups excluding carboxylic acids is 1. The third-order valence-corrected chi connectivity index (χ3v) is 7.59. The Morgan fingerprint density at radius 1 is 1.13 bits per heavy atom. The van der Waals surface area contributed by atoms with Crippen LogP contribution in [-0.4, -0.2) is 38.8 Å². The minimum atomic E-state index is -3.65. The van der Waals surface area contributed by atoms with Gasteiger partial charge in [0, 0.05) is 13.1 Å². The molecular formula is C22H27ClN2O4S. The number of methoxy groups -OCH3 is 1. The first-order chi connectivity index (χ1) is 14.4. The minimum absolute atomic E-state index is 0.0939. The van der Waals surface area contributed by atoms with E-state index in [0.717, 1.165) is 30.6 Å². The largest absolute Gasteiger partial charge is 0.497 e. The summed E-state index contributed by atoms with van der Waals surface area (Å²) in [6.45, 7) is 2.97. The maximum absolute atomic E-state index is 13.0. The molecule has 0 bridgehead atoms. The third kappa shape index (κ3) is 4.96. The topological polar surface area (TPSA) is 75.7 Å². The van der Waals surface area contributed by atoms with Crippen molar-refractivity contribution in [3.05, 3.63) is 58.6 Å². The van der Waals surface area contributed by atoms with Gasteiger partial charge in [-0.1, -0.05) is 37.1 Å². The fraction of sp³-hybridized carbons (Fsp3) is 0.409. The van der Waals surface area contributed by atoms with Crippen molar-refractivity contribution in [3.8, 4) is 5.75 Å². The molecule has 2 aromatic carbocycles. The first-order valence-electron chi connectivity index (χ1n) is 10.1. The second-order valence-corrected chi connectivity index (χ2v) is 9.66. The average Bonchev–Trinajstić information content (AvgIpc) is 2.78. The van der Waals surface area contributed by atoms with Gasteiger partial charge in [0.1, 0.15) is 5.75 Å². The van der Waals surface area contributed by atoms with E-state index in [1.54, 1.807) is 7.11 Å². The summed E-state index contributed by atoms with van der Waals surface area (Å²) in [5, 5.41) is 3.18. The van der Waals surface area contributed by atoms with Gasteiger partial charge in [-0.25, -0.2) is 8.42 Å². The maximum atomic E-state index is 13.0. The van der Waals surface area contributed by atoms with Gasteiger partial charge in [-0.15, -0.1) is 0 Å². The van der Waals surface area contributed by atoms with Crippen molar-refractivity contribution in [1.82, 2.24) is 9.62 Å². The lowest BCUT2D eigenvalue weighted by Crippen LogP contribution is -2.35. The molecule has 1 amide bonds. The van der Waals surface area contributed by atoms with E-state index >= 15 is 0 Å². The normalized spacial score (nSPS) is 16.1. The molecule has 1 N–H and O–H groups in total. The SMILES string of the molecule is CCC(NC(=O)c1cc(S(=O)(=O)N2CCCCC2)ccc1Cl)c1ccc(OC)cc1. The zero-order valence-corrected chi connectivity index (χ0v) is 18.8. The molecular weight excluding hydrogens is 424 g/mol. The lowest BCUT2D eigenvalue weighted by Gasteiger charge is -2.26. The van der Waals surface area contributed by atoms with Gasteiger partial charge < -0.3 is 10.1 Å². The van der Waals surface area contributed by atoms with Gasteiger partial charge in [-0.3, -0.25) is 4.79 Å². The van der Waals surface area contributed by atoms with Crippen molar-refractivity contribution < 1.29 is 17.9 Å². The average molecular weight is 451 g/mol. The van der Waals surface area contributed by atoms with Crippen molar-refractivity contribution in [3.63, 3.8) is 0 Å². The van der Waals surface area contributed by atoms with E-state index in [1.807, 2.05) is 31.2 Å². The van der Waals surface area contributed by atoms with Crippen LogP contribution in [0.5, 0.6) is 5.75 Å². The Bertz CT molecular complexity index is 987. The van der Waals surface area contributed by atoms with E-state index in [1.165, 1.54) is 22.5 Å². The van der Waals surface area contributed by atoms with Gasteiger partial charge in [-0.2, -0.15) is 4.31 Å². The molecule has 30 heavy (non-hydrogen) atoms. The standard InChI is InChI=1S/C22H27ClN2O4S/c1-3-21(16-7-9-17(29-2)10-8-16)24-22(26)19-15-18(11-12-20(19)23)30(27,28)25-13-5-4-6-14-25/h7-12,15,21H,3-6,13-14H2,1-2H3,(H,24,26). The summed E-state index contributed by atoms with van der Waals surface area (Å²) in [5.74, 6) is 0.331. The van der Waals surface area contributed by atoms with E-state index in [2.05, 4.69) is 5.32 Å². The first kappa shape index (κ1) is 22.6. The van der Waals surface area contributed by atoms with Crippen molar-refractivity contribution in [2.24, 2.45) is 0 Å². The number of amides is 1. The molecule has 1 fully saturated rings. The molecule has 0 aliphatic carbocycles. The van der Waals surface area contributed by atoms with Crippen LogP contribution >= 0.6 is 11.6 Å². The highest BCUT2D eigenvalue weighted by atomic mass is 35.5. The number of ether oxygens (including phenoxy) is 1. The number of hydrogen-bond donors (Lipinski definition) is 1. The molecule has 1 aliphatic rings. The van der Waals surface area contributed by atoms with Crippen LogP contribution in [0, 0.1) is 0 Å². The summed E-state index contributed by atoms with van der Waals surface area (Å²) in [6, 6.07) is 11.5. The zero-order chi connectivity index (χ0) is 21.7. The van der Waals surface area contributed by atoms with Gasteiger partial charge in [0.25, 0.3) is 5.91 Å². The number of piperidine rings is 1. The number of rotatable bonds is 7. The van der Waals surface area contributed by atoms with Gasteiger partial charge in [0.2, 0.25) is 10.0 Å². The Morgan fingerprint density at radius 3 is 2.40 bits per heavy atom. The highest BCUT2D eigenvalue weighted by molar-refractivity contribution is 7.89. The van der Waals surface area contributed by atoms with Gasteiger partial charge in [0.05, 0.1) is 28.6 Å². The molecule has 3 rings (SSSR count). The van der Waals surface area contributed by atoms with Crippen LogP contribution in [0.15, 0.2) is 47.4 Å². The summed E-state index contributed by atoms with van der Waals surface area (Å²) >= 11 is 6.25. The van der Waals surface area contributed by atoms with Crippen molar-refractivity contribution in [2.45, 2.75) is 43.5 Å². The fourth-order valence-electron chi connectivity index (χ4n) is 3.59. The van der Waals surface area contributed by atoms with Crippen molar-refractivity contribution >= 4 is 27.5 Å². The molecule has 0 saturated carbocycles. The lowest BCUT2D eigenvalue weighted by molar-refractivity contribution is 0.0935. The monoisotopic (exact) mass is 450 g/mol. The molecule has 2 aromatic rings. The first-order valence-corrected chi connectivity index (χ1v) is 11.9. The molecule has 0 aromatic heterocycles. The molecule has 1 aliphatic heterocycles. The highest BCUT2D eigenvalue weighted by Crippen LogP contribution is 2.26. The Morgan fingerprint density at radius 2 is 1.80 bits per heavy atom. The number of nitrogens with zero attached hydrogens (tertiary/aromatic N) is 1. The van der Waals surface area contributed by atoms with Gasteiger partial charge in [-0.05, 0) is 55.2 Å². The van der Waals surface area contributed by atoms with Gasteiger partial charge >= 0.3 is 0 Å². The minimum Gasteiger partial charge on any atom is -0.497 e. The Balaban J connectivity index is 1.83. The molecule has 1 heterocycles. The predicted molar refractivity (Wildman–Crippen MR) is 118 cm³/mol. The van der Waals surface area contributed by atoms with E-state index in [-0.39, 0.29) is 21.5 Å². The smallest absolute Gasteiger partial charge is 0.253 e. The number of hydrogen-bond acceptors (Lipinski definition) is 4. The Labute approximate surface area is 183 Å². The second kappa shape index (κ2) is 9.81. The Hall–Kier alpha value is -2.09. The number of carbonyl (C=O) groups is 1. The highest BCUT2D eigenvalue weighted by Gasteiger charge is 2.27. The second-order valence-electron chi connectivity index (χ2n) is 7.31. The summed E-state index contributed by atoms with van der Waals surface area (Å²) in [7, 11) is -2.05. The number of benzene rings is 2. The maximum Gasteiger partial charge on any atom is 0.253 e. The summed E-state index contributed by atoms with van der Waals surface area (Å²) in [4.78, 5) is 13.1. The van der Waals surface area contributed by atoms with Crippen LogP contribution in [0.3, 0.4) is 0 Å². The van der Waals surface area contributed by atoms with Crippen LogP contribution in [0.25, 0.3) is 0 Å². The number of sulfonamides is 1. The number of nitrogens with one attached hydrogen (secondary N) is 1. The third-order valence-electron chi connectivity index (χ3n) is 5.37. The van der Waals surface area contributed by atoms with Crippen LogP contribution < -0.4 is 10.1 Å². The molecule has 0 spiro atoms. The summed E-state index contributed by atoms with van der Waals surface area (Å²) in [6.07, 6.45) is 3.39. The van der Waals surface area contributed by atoms with Crippen LogP contribution in [0.4, 0.5) is 0 Å². The molecule has 1 atom stereocenters. The van der Waals surface area contributed by atoms with E-state index < -0.39 is 15.9 Å². The van der Waals surface area contributed by atoms with Crippen molar-refractivity contribution in [1.29, 1.82) is 0 Å². The van der Waals surface area contributed by atoms with Crippen molar-refractivity contribution in [2.75, 3.05) is 20.2 Å². The van der Waals surface area contributed by atoms with E-state index in [4.69, 9.17) is 16.3 Å². The molecule has 0 radical (unpaired) electrons. The van der Waals surface area contributed by atoms with E-state index in [9.17, 15) is 13.2 Å². The van der Waals surface area contributed by atoms with Crippen LogP contribution in [-0.2, 0) is 10.0 Å². The molecule has 162 valence electrons. The fourth-order valence-corrected chi connectivity index (χ4v) is 5.33.